The number of anilines is 1. The lowest BCUT2D eigenvalue weighted by atomic mass is 10.1. The third kappa shape index (κ3) is 3.46. The van der Waals surface area contributed by atoms with Crippen molar-refractivity contribution in [1.82, 2.24) is 14.9 Å². The Bertz CT molecular complexity index is 1310. The molecule has 1 unspecified atom stereocenters. The molecule has 0 saturated carbocycles. The predicted molar refractivity (Wildman–Crippen MR) is 115 cm³/mol. The second kappa shape index (κ2) is 7.45. The van der Waals surface area contributed by atoms with Gasteiger partial charge in [-0.15, -0.1) is 0 Å². The number of fused-ring (bicyclic) bond motifs is 2. The number of ether oxygens (including phenoxy) is 1. The van der Waals surface area contributed by atoms with Gasteiger partial charge in [-0.25, -0.2) is 13.2 Å². The smallest absolute Gasteiger partial charge is 0.323 e. The van der Waals surface area contributed by atoms with Gasteiger partial charge < -0.3 is 19.6 Å². The number of amides is 1. The van der Waals surface area contributed by atoms with Gasteiger partial charge in [-0.3, -0.25) is 9.10 Å². The van der Waals surface area contributed by atoms with E-state index in [0.29, 0.717) is 35.6 Å². The monoisotopic (exact) mass is 442 g/mol. The molecule has 2 aliphatic rings. The van der Waals surface area contributed by atoms with E-state index in [4.69, 9.17) is 4.74 Å². The van der Waals surface area contributed by atoms with E-state index in [9.17, 15) is 18.0 Å². The van der Waals surface area contributed by atoms with E-state index in [2.05, 4.69) is 9.97 Å². The summed E-state index contributed by atoms with van der Waals surface area (Å²) < 4.78 is 34.3. The first kappa shape index (κ1) is 19.7. The molecular formula is C21H22N4O5S. The number of nitrogens with one attached hydrogen (secondary N) is 2. The molecule has 2 N–H and O–H groups in total. The second-order valence-electron chi connectivity index (χ2n) is 7.78. The van der Waals surface area contributed by atoms with Gasteiger partial charge in [-0.05, 0) is 49.6 Å². The Hall–Kier alpha value is -3.27. The summed E-state index contributed by atoms with van der Waals surface area (Å²) >= 11 is 0. The van der Waals surface area contributed by atoms with Crippen LogP contribution in [0, 0.1) is 0 Å². The van der Waals surface area contributed by atoms with Crippen LogP contribution >= 0.6 is 0 Å². The highest BCUT2D eigenvalue weighted by atomic mass is 32.2. The van der Waals surface area contributed by atoms with E-state index in [1.807, 2.05) is 0 Å². The summed E-state index contributed by atoms with van der Waals surface area (Å²) in [5.41, 5.74) is 0.888. The van der Waals surface area contributed by atoms with Crippen LogP contribution in [-0.4, -0.2) is 54.9 Å². The van der Waals surface area contributed by atoms with E-state index in [-0.39, 0.29) is 17.3 Å². The molecule has 5 rings (SSSR count). The number of para-hydroxylation sites is 2. The van der Waals surface area contributed by atoms with Crippen molar-refractivity contribution in [1.29, 1.82) is 0 Å². The summed E-state index contributed by atoms with van der Waals surface area (Å²) in [6.45, 7) is 1.20. The van der Waals surface area contributed by atoms with Gasteiger partial charge in [0.05, 0.1) is 28.2 Å². The molecule has 2 aromatic carbocycles. The quantitative estimate of drug-likeness (QED) is 0.642. The fourth-order valence-electron chi connectivity index (χ4n) is 4.18. The molecule has 162 valence electrons. The van der Waals surface area contributed by atoms with E-state index in [1.54, 1.807) is 35.2 Å². The topological polar surface area (TPSA) is 116 Å². The SMILES string of the molecule is O=C(C1CN(S(=O)(=O)c2ccc3[nH]c(=O)[nH]c3c2)c2ccccc2O1)N1CCCCC1. The molecule has 0 spiro atoms. The van der Waals surface area contributed by atoms with Gasteiger partial charge >= 0.3 is 5.69 Å². The maximum Gasteiger partial charge on any atom is 0.323 e. The average molecular weight is 442 g/mol. The first-order valence-corrected chi connectivity index (χ1v) is 11.7. The Labute approximate surface area is 178 Å². The molecule has 9 nitrogen and oxygen atoms in total. The summed E-state index contributed by atoms with van der Waals surface area (Å²) in [5.74, 6) is 0.156. The highest BCUT2D eigenvalue weighted by Gasteiger charge is 2.39. The highest BCUT2D eigenvalue weighted by molar-refractivity contribution is 7.92. The standard InChI is InChI=1S/C21H22N4O5S/c26-20(24-10-4-1-5-11-24)19-13-25(17-6-2-3-7-18(17)30-19)31(28,29)14-8-9-15-16(12-14)23-21(27)22-15/h2-3,6-9,12,19H,1,4-5,10-11,13H2,(H2,22,23,27). The summed E-state index contributed by atoms with van der Waals surface area (Å²) in [6, 6.07) is 11.2. The second-order valence-corrected chi connectivity index (χ2v) is 9.65. The van der Waals surface area contributed by atoms with Crippen LogP contribution < -0.4 is 14.7 Å². The molecule has 0 aliphatic carbocycles. The predicted octanol–water partition coefficient (Wildman–Crippen LogP) is 1.82. The summed E-state index contributed by atoms with van der Waals surface area (Å²) in [6.07, 6.45) is 2.04. The lowest BCUT2D eigenvalue weighted by Gasteiger charge is -2.37. The Morgan fingerprint density at radius 2 is 1.74 bits per heavy atom. The first-order chi connectivity index (χ1) is 14.9. The van der Waals surface area contributed by atoms with Crippen LogP contribution in [0.4, 0.5) is 5.69 Å². The number of carbonyl (C=O) groups excluding carboxylic acids is 1. The van der Waals surface area contributed by atoms with Crippen LogP contribution in [0.5, 0.6) is 5.75 Å². The number of likely N-dealkylation sites (tertiary alicyclic amines) is 1. The minimum Gasteiger partial charge on any atom is -0.476 e. The van der Waals surface area contributed by atoms with Crippen LogP contribution in [0.15, 0.2) is 52.2 Å². The zero-order chi connectivity index (χ0) is 21.6. The maximum absolute atomic E-state index is 13.6. The number of aromatic nitrogens is 2. The Balaban J connectivity index is 1.53. The Morgan fingerprint density at radius 3 is 2.55 bits per heavy atom. The zero-order valence-corrected chi connectivity index (χ0v) is 17.5. The largest absolute Gasteiger partial charge is 0.476 e. The zero-order valence-electron chi connectivity index (χ0n) is 16.7. The number of sulfonamides is 1. The number of benzene rings is 2. The van der Waals surface area contributed by atoms with Crippen LogP contribution in [0.2, 0.25) is 0 Å². The van der Waals surface area contributed by atoms with E-state index < -0.39 is 21.8 Å². The normalized spacial score (nSPS) is 19.2. The van der Waals surface area contributed by atoms with Gasteiger partial charge in [0.2, 0.25) is 0 Å². The van der Waals surface area contributed by atoms with Crippen LogP contribution in [0.1, 0.15) is 19.3 Å². The van der Waals surface area contributed by atoms with Crippen molar-refractivity contribution in [2.45, 2.75) is 30.3 Å². The summed E-state index contributed by atoms with van der Waals surface area (Å²) in [7, 11) is -4.01. The molecule has 3 aromatic rings. The molecule has 31 heavy (non-hydrogen) atoms. The minimum atomic E-state index is -4.01. The average Bonchev–Trinajstić information content (AvgIpc) is 3.17. The van der Waals surface area contributed by atoms with Crippen molar-refractivity contribution in [3.05, 3.63) is 52.9 Å². The lowest BCUT2D eigenvalue weighted by Crippen LogP contribution is -2.52. The number of rotatable bonds is 3. The van der Waals surface area contributed by atoms with Gasteiger partial charge in [0.25, 0.3) is 15.9 Å². The molecule has 1 amide bonds. The number of hydrogen-bond donors (Lipinski definition) is 2. The van der Waals surface area contributed by atoms with Gasteiger partial charge in [0, 0.05) is 13.1 Å². The molecule has 1 atom stereocenters. The van der Waals surface area contributed by atoms with E-state index in [0.717, 1.165) is 19.3 Å². The molecule has 2 aliphatic heterocycles. The van der Waals surface area contributed by atoms with Crippen molar-refractivity contribution in [2.24, 2.45) is 0 Å². The van der Waals surface area contributed by atoms with Crippen LogP contribution in [0.25, 0.3) is 11.0 Å². The van der Waals surface area contributed by atoms with Crippen molar-refractivity contribution < 1.29 is 17.9 Å². The van der Waals surface area contributed by atoms with Crippen molar-refractivity contribution in [3.63, 3.8) is 0 Å². The molecule has 10 heteroatoms. The van der Waals surface area contributed by atoms with E-state index in [1.165, 1.54) is 16.4 Å². The maximum atomic E-state index is 13.6. The van der Waals surface area contributed by atoms with Crippen molar-refractivity contribution in [2.75, 3.05) is 23.9 Å². The number of nitrogens with zero attached hydrogens (tertiary/aromatic N) is 2. The third-order valence-electron chi connectivity index (χ3n) is 5.75. The molecule has 1 aromatic heterocycles. The number of carbonyl (C=O) groups is 1. The van der Waals surface area contributed by atoms with Crippen molar-refractivity contribution >= 4 is 32.7 Å². The fraction of sp³-hybridized carbons (Fsp3) is 0.333. The summed E-state index contributed by atoms with van der Waals surface area (Å²) in [5, 5.41) is 0. The van der Waals surface area contributed by atoms with Gasteiger partial charge in [-0.2, -0.15) is 0 Å². The molecule has 0 radical (unpaired) electrons. The highest BCUT2D eigenvalue weighted by Crippen LogP contribution is 2.37. The molecular weight excluding hydrogens is 420 g/mol. The number of imidazole rings is 1. The molecule has 0 bridgehead atoms. The third-order valence-corrected chi connectivity index (χ3v) is 7.53. The Morgan fingerprint density at radius 1 is 1.00 bits per heavy atom. The van der Waals surface area contributed by atoms with Crippen LogP contribution in [-0.2, 0) is 14.8 Å². The Kier molecular flexibility index (Phi) is 4.73. The molecule has 3 heterocycles. The van der Waals surface area contributed by atoms with Crippen molar-refractivity contribution in [3.8, 4) is 5.75 Å². The van der Waals surface area contributed by atoms with Gasteiger partial charge in [0.1, 0.15) is 5.75 Å². The van der Waals surface area contributed by atoms with Gasteiger partial charge in [-0.1, -0.05) is 12.1 Å². The molecule has 1 saturated heterocycles. The number of aromatic amines is 2. The lowest BCUT2D eigenvalue weighted by molar-refractivity contribution is -0.139. The van der Waals surface area contributed by atoms with E-state index >= 15 is 0 Å². The molecule has 1 fully saturated rings. The number of hydrogen-bond acceptors (Lipinski definition) is 5. The fourth-order valence-corrected chi connectivity index (χ4v) is 5.68. The number of piperidine rings is 1. The first-order valence-electron chi connectivity index (χ1n) is 10.2. The van der Waals surface area contributed by atoms with Crippen LogP contribution in [0.3, 0.4) is 0 Å². The van der Waals surface area contributed by atoms with Gasteiger partial charge in [0.15, 0.2) is 6.10 Å². The minimum absolute atomic E-state index is 0.0242. The number of H-pyrrole nitrogens is 2. The summed E-state index contributed by atoms with van der Waals surface area (Å²) in [4.78, 5) is 31.6.